The van der Waals surface area contributed by atoms with Crippen molar-refractivity contribution in [2.45, 2.75) is 37.5 Å². The van der Waals surface area contributed by atoms with Crippen molar-refractivity contribution in [2.75, 3.05) is 10.0 Å². The molecule has 2 aromatic carbocycles. The minimum atomic E-state index is -3.50. The Labute approximate surface area is 159 Å². The summed E-state index contributed by atoms with van der Waals surface area (Å²) in [5.74, 6) is -1.05. The Bertz CT molecular complexity index is 876. The number of hydrogen-bond acceptors (Lipinski definition) is 4. The van der Waals surface area contributed by atoms with E-state index in [-0.39, 0.29) is 17.7 Å². The largest absolute Gasteiger partial charge is 0.481 e. The van der Waals surface area contributed by atoms with Gasteiger partial charge in [-0.05, 0) is 49.4 Å². The fraction of sp³-hybridized carbons (Fsp3) is 0.350. The second kappa shape index (κ2) is 8.43. The van der Waals surface area contributed by atoms with E-state index in [0.29, 0.717) is 18.5 Å². The molecule has 3 N–H and O–H groups in total. The summed E-state index contributed by atoms with van der Waals surface area (Å²) in [6.45, 7) is 0. The number of carboxylic acid groups (broad SMARTS) is 1. The Morgan fingerprint density at radius 3 is 2.30 bits per heavy atom. The van der Waals surface area contributed by atoms with Gasteiger partial charge in [0.25, 0.3) is 0 Å². The Morgan fingerprint density at radius 1 is 0.963 bits per heavy atom. The fourth-order valence-corrected chi connectivity index (χ4v) is 4.59. The van der Waals surface area contributed by atoms with E-state index in [9.17, 15) is 13.2 Å². The van der Waals surface area contributed by atoms with Crippen LogP contribution >= 0.6 is 0 Å². The van der Waals surface area contributed by atoms with Crippen LogP contribution in [0.2, 0.25) is 0 Å². The highest BCUT2D eigenvalue weighted by Gasteiger charge is 2.25. The molecule has 0 heterocycles. The smallest absolute Gasteiger partial charge is 0.306 e. The van der Waals surface area contributed by atoms with Crippen molar-refractivity contribution >= 4 is 27.4 Å². The van der Waals surface area contributed by atoms with Crippen LogP contribution in [-0.2, 0) is 20.6 Å². The molecule has 0 radical (unpaired) electrons. The predicted octanol–water partition coefficient (Wildman–Crippen LogP) is 3.68. The topological polar surface area (TPSA) is 95.5 Å². The van der Waals surface area contributed by atoms with Gasteiger partial charge < -0.3 is 10.4 Å². The molecule has 0 bridgehead atoms. The summed E-state index contributed by atoms with van der Waals surface area (Å²) in [6.07, 6.45) is 2.91. The van der Waals surface area contributed by atoms with Crippen LogP contribution in [0, 0.1) is 5.92 Å². The molecule has 1 aliphatic carbocycles. The van der Waals surface area contributed by atoms with Gasteiger partial charge >= 0.3 is 5.97 Å². The summed E-state index contributed by atoms with van der Waals surface area (Å²) in [6, 6.07) is 16.4. The quantitative estimate of drug-likeness (QED) is 0.672. The molecule has 1 fully saturated rings. The average Bonchev–Trinajstić information content (AvgIpc) is 2.62. The minimum absolute atomic E-state index is 0.0787. The summed E-state index contributed by atoms with van der Waals surface area (Å²) in [5, 5.41) is 12.5. The second-order valence-electron chi connectivity index (χ2n) is 6.96. The Balaban J connectivity index is 1.60. The molecule has 6 nitrogen and oxygen atoms in total. The van der Waals surface area contributed by atoms with Crippen LogP contribution in [-0.4, -0.2) is 25.5 Å². The molecule has 3 rings (SSSR count). The van der Waals surface area contributed by atoms with Gasteiger partial charge in [-0.25, -0.2) is 8.42 Å². The molecule has 0 amide bonds. The fourth-order valence-electron chi connectivity index (χ4n) is 3.40. The lowest BCUT2D eigenvalue weighted by atomic mass is 9.86. The van der Waals surface area contributed by atoms with Crippen molar-refractivity contribution < 1.29 is 18.3 Å². The molecule has 0 aromatic heterocycles. The summed E-state index contributed by atoms with van der Waals surface area (Å²) in [4.78, 5) is 11.0. The lowest BCUT2D eigenvalue weighted by molar-refractivity contribution is -0.142. The standard InChI is InChI=1S/C20H24N2O4S/c23-20(24)16-9-11-17(12-10-16)21-18-7-4-8-19(13-18)22-27(25,26)14-15-5-2-1-3-6-15/h1-8,13,16-17,21-22H,9-12,14H2,(H,23,24). The van der Waals surface area contributed by atoms with Crippen LogP contribution in [0.5, 0.6) is 0 Å². The normalized spacial score (nSPS) is 20.0. The molecule has 7 heteroatoms. The van der Waals surface area contributed by atoms with Gasteiger partial charge in [0.1, 0.15) is 0 Å². The molecule has 0 saturated heterocycles. The maximum absolute atomic E-state index is 12.4. The van der Waals surface area contributed by atoms with Gasteiger partial charge in [0.15, 0.2) is 0 Å². The van der Waals surface area contributed by atoms with Gasteiger partial charge in [0.05, 0.1) is 17.4 Å². The Kier molecular flexibility index (Phi) is 6.01. The number of sulfonamides is 1. The van der Waals surface area contributed by atoms with Crippen molar-refractivity contribution in [3.63, 3.8) is 0 Å². The number of nitrogens with one attached hydrogen (secondary N) is 2. The highest BCUT2D eigenvalue weighted by Crippen LogP contribution is 2.27. The van der Waals surface area contributed by atoms with Crippen molar-refractivity contribution in [1.29, 1.82) is 0 Å². The van der Waals surface area contributed by atoms with Crippen LogP contribution in [0.1, 0.15) is 31.2 Å². The highest BCUT2D eigenvalue weighted by molar-refractivity contribution is 7.91. The molecule has 1 aliphatic rings. The summed E-state index contributed by atoms with van der Waals surface area (Å²) in [5.41, 5.74) is 2.07. The predicted molar refractivity (Wildman–Crippen MR) is 106 cm³/mol. The lowest BCUT2D eigenvalue weighted by Gasteiger charge is -2.27. The maximum atomic E-state index is 12.4. The van der Waals surface area contributed by atoms with Gasteiger partial charge in [-0.2, -0.15) is 0 Å². The molecule has 27 heavy (non-hydrogen) atoms. The first kappa shape index (κ1) is 19.2. The molecule has 0 spiro atoms. The first-order chi connectivity index (χ1) is 12.9. The summed E-state index contributed by atoms with van der Waals surface area (Å²) in [7, 11) is -3.50. The molecule has 2 aromatic rings. The first-order valence-electron chi connectivity index (χ1n) is 9.05. The number of aliphatic carboxylic acids is 1. The van der Waals surface area contributed by atoms with Crippen LogP contribution in [0.4, 0.5) is 11.4 Å². The third kappa shape index (κ3) is 5.72. The Hall–Kier alpha value is -2.54. The number of hydrogen-bond donors (Lipinski definition) is 3. The van der Waals surface area contributed by atoms with E-state index < -0.39 is 16.0 Å². The number of benzene rings is 2. The van der Waals surface area contributed by atoms with Crippen LogP contribution in [0.25, 0.3) is 0 Å². The minimum Gasteiger partial charge on any atom is -0.481 e. The number of anilines is 2. The van der Waals surface area contributed by atoms with Gasteiger partial charge in [0.2, 0.25) is 10.0 Å². The number of carbonyl (C=O) groups is 1. The average molecular weight is 388 g/mol. The number of rotatable bonds is 7. The zero-order valence-corrected chi connectivity index (χ0v) is 15.8. The van der Waals surface area contributed by atoms with E-state index >= 15 is 0 Å². The maximum Gasteiger partial charge on any atom is 0.306 e. The van der Waals surface area contributed by atoms with Gasteiger partial charge in [0, 0.05) is 11.7 Å². The van der Waals surface area contributed by atoms with E-state index in [2.05, 4.69) is 10.0 Å². The monoisotopic (exact) mass is 388 g/mol. The Morgan fingerprint density at radius 2 is 1.63 bits per heavy atom. The van der Waals surface area contributed by atoms with Crippen LogP contribution in [0.3, 0.4) is 0 Å². The van der Waals surface area contributed by atoms with Gasteiger partial charge in [-0.15, -0.1) is 0 Å². The number of carboxylic acids is 1. The molecule has 0 aliphatic heterocycles. The molecule has 1 saturated carbocycles. The molecular formula is C20H24N2O4S. The molecular weight excluding hydrogens is 364 g/mol. The zero-order valence-electron chi connectivity index (χ0n) is 15.0. The van der Waals surface area contributed by atoms with Crippen molar-refractivity contribution in [3.05, 3.63) is 60.2 Å². The van der Waals surface area contributed by atoms with Gasteiger partial charge in [-0.3, -0.25) is 9.52 Å². The lowest BCUT2D eigenvalue weighted by Crippen LogP contribution is -2.29. The zero-order chi connectivity index (χ0) is 19.3. The molecule has 144 valence electrons. The van der Waals surface area contributed by atoms with Crippen molar-refractivity contribution in [3.8, 4) is 0 Å². The third-order valence-electron chi connectivity index (χ3n) is 4.78. The van der Waals surface area contributed by atoms with E-state index in [4.69, 9.17) is 5.11 Å². The highest BCUT2D eigenvalue weighted by atomic mass is 32.2. The van der Waals surface area contributed by atoms with E-state index in [0.717, 1.165) is 24.1 Å². The van der Waals surface area contributed by atoms with E-state index in [1.54, 1.807) is 30.3 Å². The third-order valence-corrected chi connectivity index (χ3v) is 6.04. The van der Waals surface area contributed by atoms with Crippen molar-refractivity contribution in [2.24, 2.45) is 5.92 Å². The van der Waals surface area contributed by atoms with Crippen LogP contribution in [0.15, 0.2) is 54.6 Å². The molecule has 0 atom stereocenters. The summed E-state index contributed by atoms with van der Waals surface area (Å²) < 4.78 is 27.4. The van der Waals surface area contributed by atoms with Crippen LogP contribution < -0.4 is 10.0 Å². The van der Waals surface area contributed by atoms with E-state index in [1.807, 2.05) is 24.3 Å². The molecule has 0 unspecified atom stereocenters. The van der Waals surface area contributed by atoms with Crippen molar-refractivity contribution in [1.82, 2.24) is 0 Å². The second-order valence-corrected chi connectivity index (χ2v) is 8.68. The first-order valence-corrected chi connectivity index (χ1v) is 10.7. The SMILES string of the molecule is O=C(O)C1CCC(Nc2cccc(NS(=O)(=O)Cc3ccccc3)c2)CC1. The summed E-state index contributed by atoms with van der Waals surface area (Å²) >= 11 is 0. The van der Waals surface area contributed by atoms with Gasteiger partial charge in [-0.1, -0.05) is 36.4 Å². The van der Waals surface area contributed by atoms with E-state index in [1.165, 1.54) is 0 Å².